The van der Waals surface area contributed by atoms with Crippen molar-refractivity contribution in [3.05, 3.63) is 70.8 Å². The van der Waals surface area contributed by atoms with Crippen LogP contribution >= 0.6 is 0 Å². The zero-order valence-electron chi connectivity index (χ0n) is 15.2. The topological polar surface area (TPSA) is 35.6 Å². The van der Waals surface area contributed by atoms with Crippen molar-refractivity contribution in [1.29, 1.82) is 0 Å². The van der Waals surface area contributed by atoms with Crippen LogP contribution in [-0.4, -0.2) is 42.0 Å². The molecule has 2 amide bonds. The molecule has 0 saturated carbocycles. The van der Waals surface area contributed by atoms with Crippen LogP contribution in [0.25, 0.3) is 0 Å². The van der Waals surface area contributed by atoms with Crippen molar-refractivity contribution < 1.29 is 4.79 Å². The Morgan fingerprint density at radius 3 is 2.32 bits per heavy atom. The van der Waals surface area contributed by atoms with E-state index in [0.29, 0.717) is 6.54 Å². The molecule has 1 aliphatic rings. The lowest BCUT2D eigenvalue weighted by Crippen LogP contribution is -2.51. The fraction of sp³-hybridized carbons (Fsp3) is 0.381. The molecule has 3 rings (SSSR count). The molecule has 0 radical (unpaired) electrons. The van der Waals surface area contributed by atoms with Crippen LogP contribution in [0.15, 0.2) is 48.5 Å². The summed E-state index contributed by atoms with van der Waals surface area (Å²) in [5, 5.41) is 3.05. The number of benzene rings is 2. The van der Waals surface area contributed by atoms with Crippen molar-refractivity contribution in [2.75, 3.05) is 26.2 Å². The molecule has 1 N–H and O–H groups in total. The molecular weight excluding hydrogens is 310 g/mol. The minimum absolute atomic E-state index is 0.0400. The van der Waals surface area contributed by atoms with E-state index >= 15 is 0 Å². The van der Waals surface area contributed by atoms with Crippen LogP contribution < -0.4 is 5.32 Å². The molecule has 2 aromatic rings. The number of rotatable bonds is 4. The number of urea groups is 1. The first kappa shape index (κ1) is 17.5. The molecule has 0 aliphatic carbocycles. The first-order valence-corrected chi connectivity index (χ1v) is 8.97. The third-order valence-corrected chi connectivity index (χ3v) is 4.88. The maximum Gasteiger partial charge on any atom is 0.317 e. The highest BCUT2D eigenvalue weighted by Gasteiger charge is 2.20. The second-order valence-corrected chi connectivity index (χ2v) is 6.83. The van der Waals surface area contributed by atoms with Gasteiger partial charge in [-0.1, -0.05) is 54.1 Å². The number of aryl methyl sites for hydroxylation is 2. The molecule has 0 spiro atoms. The molecule has 1 aliphatic heterocycles. The second-order valence-electron chi connectivity index (χ2n) is 6.83. The predicted octanol–water partition coefficient (Wildman–Crippen LogP) is 3.33. The molecule has 1 saturated heterocycles. The molecule has 4 heteroatoms. The van der Waals surface area contributed by atoms with Crippen molar-refractivity contribution in [3.8, 4) is 0 Å². The van der Waals surface area contributed by atoms with E-state index in [2.05, 4.69) is 60.5 Å². The first-order chi connectivity index (χ1) is 12.1. The normalized spacial score (nSPS) is 15.2. The van der Waals surface area contributed by atoms with Crippen molar-refractivity contribution >= 4 is 6.03 Å². The number of carbonyl (C=O) groups is 1. The van der Waals surface area contributed by atoms with Gasteiger partial charge in [-0.15, -0.1) is 0 Å². The van der Waals surface area contributed by atoms with Crippen molar-refractivity contribution in [3.63, 3.8) is 0 Å². The highest BCUT2D eigenvalue weighted by Crippen LogP contribution is 2.11. The lowest BCUT2D eigenvalue weighted by atomic mass is 10.1. The van der Waals surface area contributed by atoms with Gasteiger partial charge in [-0.3, -0.25) is 4.90 Å². The highest BCUT2D eigenvalue weighted by molar-refractivity contribution is 5.74. The van der Waals surface area contributed by atoms with E-state index in [4.69, 9.17) is 0 Å². The molecular formula is C21H27N3O. The second kappa shape index (κ2) is 8.17. The lowest BCUT2D eigenvalue weighted by molar-refractivity contribution is 0.135. The van der Waals surface area contributed by atoms with E-state index in [1.165, 1.54) is 22.3 Å². The van der Waals surface area contributed by atoms with Crippen LogP contribution in [0.2, 0.25) is 0 Å². The van der Waals surface area contributed by atoms with Crippen molar-refractivity contribution in [2.24, 2.45) is 0 Å². The Morgan fingerprint density at radius 1 is 0.960 bits per heavy atom. The van der Waals surface area contributed by atoms with Gasteiger partial charge in [-0.25, -0.2) is 4.79 Å². The largest absolute Gasteiger partial charge is 0.334 e. The molecule has 2 aromatic carbocycles. The number of nitrogens with one attached hydrogen (secondary N) is 1. The summed E-state index contributed by atoms with van der Waals surface area (Å²) in [6.45, 7) is 9.14. The highest BCUT2D eigenvalue weighted by atomic mass is 16.2. The van der Waals surface area contributed by atoms with Gasteiger partial charge >= 0.3 is 6.03 Å². The molecule has 0 unspecified atom stereocenters. The van der Waals surface area contributed by atoms with Gasteiger partial charge in [0.2, 0.25) is 0 Å². The van der Waals surface area contributed by atoms with Crippen LogP contribution in [0.4, 0.5) is 4.79 Å². The predicted molar refractivity (Wildman–Crippen MR) is 101 cm³/mol. The maximum absolute atomic E-state index is 12.4. The lowest BCUT2D eigenvalue weighted by Gasteiger charge is -2.34. The minimum atomic E-state index is 0.0400. The van der Waals surface area contributed by atoms with E-state index in [-0.39, 0.29) is 6.03 Å². The zero-order valence-corrected chi connectivity index (χ0v) is 15.2. The standard InChI is InChI=1S/C21H27N3O/c1-17-7-9-19(10-8-17)16-23-11-13-24(14-12-23)21(25)22-15-20-6-4-3-5-18(20)2/h3-10H,11-16H2,1-2H3,(H,22,25). The number of hydrogen-bond acceptors (Lipinski definition) is 2. The van der Waals surface area contributed by atoms with E-state index in [1.54, 1.807) is 0 Å². The van der Waals surface area contributed by atoms with Gasteiger partial charge < -0.3 is 10.2 Å². The van der Waals surface area contributed by atoms with Gasteiger partial charge in [0.15, 0.2) is 0 Å². The van der Waals surface area contributed by atoms with E-state index < -0.39 is 0 Å². The summed E-state index contributed by atoms with van der Waals surface area (Å²) >= 11 is 0. The number of nitrogens with zero attached hydrogens (tertiary/aromatic N) is 2. The molecule has 25 heavy (non-hydrogen) atoms. The monoisotopic (exact) mass is 337 g/mol. The van der Waals surface area contributed by atoms with Crippen molar-refractivity contribution in [1.82, 2.24) is 15.1 Å². The maximum atomic E-state index is 12.4. The summed E-state index contributed by atoms with van der Waals surface area (Å²) in [6, 6.07) is 16.9. The Kier molecular flexibility index (Phi) is 5.71. The fourth-order valence-electron chi connectivity index (χ4n) is 3.15. The van der Waals surface area contributed by atoms with Gasteiger partial charge in [-0.05, 0) is 30.5 Å². The molecule has 0 aromatic heterocycles. The Hall–Kier alpha value is -2.33. The SMILES string of the molecule is Cc1ccc(CN2CCN(C(=O)NCc3ccccc3C)CC2)cc1. The van der Waals surface area contributed by atoms with Crippen LogP contribution in [0, 0.1) is 13.8 Å². The van der Waals surface area contributed by atoms with Crippen LogP contribution in [-0.2, 0) is 13.1 Å². The van der Waals surface area contributed by atoms with E-state index in [1.807, 2.05) is 17.0 Å². The number of carbonyl (C=O) groups excluding carboxylic acids is 1. The summed E-state index contributed by atoms with van der Waals surface area (Å²) in [4.78, 5) is 16.7. The number of hydrogen-bond donors (Lipinski definition) is 1. The summed E-state index contributed by atoms with van der Waals surface area (Å²) in [7, 11) is 0. The van der Waals surface area contributed by atoms with Crippen molar-refractivity contribution in [2.45, 2.75) is 26.9 Å². The van der Waals surface area contributed by atoms with Crippen LogP contribution in [0.1, 0.15) is 22.3 Å². The zero-order chi connectivity index (χ0) is 17.6. The van der Waals surface area contributed by atoms with Gasteiger partial charge in [0, 0.05) is 39.3 Å². The third-order valence-electron chi connectivity index (χ3n) is 4.88. The van der Waals surface area contributed by atoms with Crippen LogP contribution in [0.5, 0.6) is 0 Å². The molecule has 0 atom stereocenters. The number of amides is 2. The minimum Gasteiger partial charge on any atom is -0.334 e. The van der Waals surface area contributed by atoms with E-state index in [9.17, 15) is 4.79 Å². The Labute approximate surface area is 150 Å². The average molecular weight is 337 g/mol. The first-order valence-electron chi connectivity index (χ1n) is 8.97. The Balaban J connectivity index is 1.44. The fourth-order valence-corrected chi connectivity index (χ4v) is 3.15. The molecule has 1 heterocycles. The van der Waals surface area contributed by atoms with Gasteiger partial charge in [0.05, 0.1) is 0 Å². The van der Waals surface area contributed by atoms with Gasteiger partial charge in [0.1, 0.15) is 0 Å². The summed E-state index contributed by atoms with van der Waals surface area (Å²) < 4.78 is 0. The quantitative estimate of drug-likeness (QED) is 0.929. The Morgan fingerprint density at radius 2 is 1.64 bits per heavy atom. The third kappa shape index (κ3) is 4.83. The number of piperazine rings is 1. The molecule has 132 valence electrons. The summed E-state index contributed by atoms with van der Waals surface area (Å²) in [6.07, 6.45) is 0. The van der Waals surface area contributed by atoms with Crippen LogP contribution in [0.3, 0.4) is 0 Å². The van der Waals surface area contributed by atoms with Gasteiger partial charge in [-0.2, -0.15) is 0 Å². The average Bonchev–Trinajstić information content (AvgIpc) is 2.63. The Bertz CT molecular complexity index is 703. The molecule has 4 nitrogen and oxygen atoms in total. The molecule has 1 fully saturated rings. The molecule has 0 bridgehead atoms. The smallest absolute Gasteiger partial charge is 0.317 e. The summed E-state index contributed by atoms with van der Waals surface area (Å²) in [5.41, 5.74) is 5.02. The van der Waals surface area contributed by atoms with E-state index in [0.717, 1.165) is 32.7 Å². The summed E-state index contributed by atoms with van der Waals surface area (Å²) in [5.74, 6) is 0. The van der Waals surface area contributed by atoms with Gasteiger partial charge in [0.25, 0.3) is 0 Å².